The summed E-state index contributed by atoms with van der Waals surface area (Å²) in [4.78, 5) is 82.8. The van der Waals surface area contributed by atoms with Gasteiger partial charge in [0.05, 0.1) is 52.9 Å². The van der Waals surface area contributed by atoms with Crippen LogP contribution in [0, 0.1) is 93.6 Å². The number of benzene rings is 12. The van der Waals surface area contributed by atoms with Gasteiger partial charge < -0.3 is 67.7 Å². The first-order valence-corrected chi connectivity index (χ1v) is 51.2. The Balaban J connectivity index is 0.000000211. The molecule has 0 heterocycles. The van der Waals surface area contributed by atoms with Gasteiger partial charge in [0.25, 0.3) is 0 Å². The molecule has 12 aromatic rings. The molecule has 1 aliphatic carbocycles. The van der Waals surface area contributed by atoms with Gasteiger partial charge in [-0.3, -0.25) is 28.8 Å². The minimum atomic E-state index is -0.0897. The number of aryl methyl sites for hydroxylation is 14. The maximum absolute atomic E-state index is 12.2. The second kappa shape index (κ2) is 57.3. The van der Waals surface area contributed by atoms with E-state index in [1.54, 1.807) is 43.5 Å². The smallest absolute Gasteiger partial charge is 0.226 e. The van der Waals surface area contributed by atoms with Gasteiger partial charge in [-0.2, -0.15) is 0 Å². The summed E-state index contributed by atoms with van der Waals surface area (Å²) in [6.45, 7) is 45.0. The van der Waals surface area contributed by atoms with Crippen LogP contribution >= 0.6 is 22.6 Å². The lowest BCUT2D eigenvalue weighted by Gasteiger charge is -2.23. The van der Waals surface area contributed by atoms with Crippen molar-refractivity contribution in [3.63, 3.8) is 0 Å². The molecular weight excluding hydrogens is 1910 g/mol. The van der Waals surface area contributed by atoms with Gasteiger partial charge in [0.2, 0.25) is 35.4 Å². The summed E-state index contributed by atoms with van der Waals surface area (Å²) in [6.07, 6.45) is 6.21. The third-order valence-electron chi connectivity index (χ3n) is 25.6. The van der Waals surface area contributed by atoms with E-state index < -0.39 is 0 Å². The van der Waals surface area contributed by atoms with Gasteiger partial charge in [-0.25, -0.2) is 0 Å². The number of carbonyl (C=O) groups excluding carboxylic acids is 6. The van der Waals surface area contributed by atoms with Gasteiger partial charge >= 0.3 is 0 Å². The number of nitrogens with zero attached hydrogens (tertiary/aromatic N) is 6. The van der Waals surface area contributed by atoms with Crippen molar-refractivity contribution in [3.8, 4) is 40.2 Å². The van der Waals surface area contributed by atoms with Crippen LogP contribution < -0.4 is 62.6 Å². The number of aliphatic hydroxyl groups excluding tert-OH is 1. The number of hydrogen-bond donors (Lipinski definition) is 1. The van der Waals surface area contributed by atoms with Crippen LogP contribution in [-0.2, 0) is 81.4 Å². The van der Waals surface area contributed by atoms with Crippen molar-refractivity contribution in [1.29, 1.82) is 0 Å². The second-order valence-corrected chi connectivity index (χ2v) is 37.8. The molecule has 20 nitrogen and oxygen atoms in total. The largest absolute Gasteiger partial charge is 0.493 e. The Morgan fingerprint density at radius 1 is 0.271 bits per heavy atom. The van der Waals surface area contributed by atoms with Gasteiger partial charge in [-0.15, -0.1) is 0 Å². The standard InChI is InChI=1S/C22H27NO2.C21H27NO3.C21H27NO2.C20H25NO3.C20H25NO2.C19H22INO2/c1-5-22(24)23(4)20-8-6-7-18(17-10-11-17)19(20)14-25-21-12-9-15(2)13-16(21)3;1-6-21(23)22(5)18-9-8-10-20(24-7-2)17(18)14-25-19-12-11-15(3)13-16(19)4;1-6-17-9-8-10-19(22(5)21(23)7-2)18(17)14-24-20-12-11-15(3)13-16(20)4;1-5-20(23)21(4)18-8-6-7-16(12-22)17(18)13-24-19-10-9-14(2)11-15(19)3;1-6-20(22)21(5)18-9-7-8-15(3)17(18)13-23-19-11-10-14(2)12-16(19)4;1-5-19(22)21(4)17-8-6-7-16(20)15(17)12-23-18-10-9-13(2)11-14(18)3/h6-9,12-13,17H,5,10-11,14H2,1-4H3;8-13H,6-7,14H2,1-5H3;8-13H,6-7,14H2,1-5H3;6-11,22H,5,12-13H2,1-4H3;7-12H,6,13H2,1-5H3;6-11H,5,12H2,1-4H3. The van der Waals surface area contributed by atoms with Crippen molar-refractivity contribution in [1.82, 2.24) is 0 Å². The van der Waals surface area contributed by atoms with Crippen LogP contribution in [0.5, 0.6) is 40.2 Å². The van der Waals surface area contributed by atoms with Crippen molar-refractivity contribution < 1.29 is 67.0 Å². The normalized spacial score (nSPS) is 11.0. The second-order valence-electron chi connectivity index (χ2n) is 36.6. The summed E-state index contributed by atoms with van der Waals surface area (Å²) < 4.78 is 43.2. The predicted octanol–water partition coefficient (Wildman–Crippen LogP) is 27.8. The Morgan fingerprint density at radius 2 is 0.521 bits per heavy atom. The third-order valence-corrected chi connectivity index (χ3v) is 26.6. The molecule has 6 amide bonds. The lowest BCUT2D eigenvalue weighted by Crippen LogP contribution is -2.27. The molecule has 0 bridgehead atoms. The van der Waals surface area contributed by atoms with Gasteiger partial charge in [-0.05, 0) is 285 Å². The first-order chi connectivity index (χ1) is 68.8. The van der Waals surface area contributed by atoms with Crippen LogP contribution in [0.3, 0.4) is 0 Å². The molecule has 766 valence electrons. The van der Waals surface area contributed by atoms with E-state index in [0.717, 1.165) is 162 Å². The molecule has 13 rings (SSSR count). The fraction of sp³-hybridized carbons (Fsp3) is 0.366. The molecule has 0 aliphatic heterocycles. The van der Waals surface area contributed by atoms with Crippen molar-refractivity contribution in [2.24, 2.45) is 0 Å². The predicted molar refractivity (Wildman–Crippen MR) is 598 cm³/mol. The van der Waals surface area contributed by atoms with Gasteiger partial charge in [-0.1, -0.05) is 215 Å². The van der Waals surface area contributed by atoms with E-state index in [4.69, 9.17) is 33.2 Å². The molecule has 21 heteroatoms. The number of rotatable bonds is 35. The summed E-state index contributed by atoms with van der Waals surface area (Å²) in [5, 5.41) is 9.65. The summed E-state index contributed by atoms with van der Waals surface area (Å²) >= 11 is 2.29. The fourth-order valence-electron chi connectivity index (χ4n) is 16.9. The lowest BCUT2D eigenvalue weighted by molar-refractivity contribution is -0.118. The molecule has 1 saturated carbocycles. The minimum absolute atomic E-state index is 0.0258. The SMILES string of the molecule is CCC(=O)N(C)c1cccc(C)c1COc1ccc(C)cc1C.CCC(=O)N(C)c1cccc(C2CC2)c1COc1ccc(C)cc1C.CCC(=O)N(C)c1cccc(CC)c1COc1ccc(C)cc1C.CCC(=O)N(C)c1cccc(CO)c1COc1ccc(C)cc1C.CCC(=O)N(C)c1cccc(I)c1COc1ccc(C)cc1C.CCOc1cccc(N(C)C(=O)CC)c1COc1ccc(C)cc1C. The Labute approximate surface area is 871 Å². The number of hydrogen-bond acceptors (Lipinski definition) is 14. The van der Waals surface area contributed by atoms with Gasteiger partial charge in [0, 0.05) is 112 Å². The number of ether oxygens (including phenoxy) is 7. The first kappa shape index (κ1) is 116. The van der Waals surface area contributed by atoms with Gasteiger partial charge in [0.1, 0.15) is 79.9 Å². The zero-order chi connectivity index (χ0) is 106. The van der Waals surface area contributed by atoms with E-state index in [1.165, 1.54) is 57.3 Å². The van der Waals surface area contributed by atoms with Crippen LogP contribution in [0.1, 0.15) is 235 Å². The van der Waals surface area contributed by atoms with Crippen molar-refractivity contribution in [3.05, 3.63) is 344 Å². The van der Waals surface area contributed by atoms with Crippen LogP contribution in [0.2, 0.25) is 0 Å². The molecule has 0 radical (unpaired) electrons. The molecule has 1 aliphatic rings. The number of amides is 6. The first-order valence-electron chi connectivity index (χ1n) is 50.2. The van der Waals surface area contributed by atoms with E-state index in [0.29, 0.717) is 90.7 Å². The summed E-state index contributed by atoms with van der Waals surface area (Å²) in [6, 6.07) is 72.6. The molecule has 0 saturated heterocycles. The topological polar surface area (TPSA) is 207 Å². The average Bonchev–Trinajstić information content (AvgIpc) is 1.67. The highest BCUT2D eigenvalue weighted by Gasteiger charge is 2.30. The zero-order valence-corrected chi connectivity index (χ0v) is 92.4. The van der Waals surface area contributed by atoms with E-state index in [2.05, 4.69) is 158 Å². The van der Waals surface area contributed by atoms with Crippen molar-refractivity contribution >= 4 is 92.2 Å². The number of aliphatic hydroxyl groups is 1. The Morgan fingerprint density at radius 3 is 0.826 bits per heavy atom. The highest BCUT2D eigenvalue weighted by molar-refractivity contribution is 14.1. The number of anilines is 6. The van der Waals surface area contributed by atoms with E-state index >= 15 is 0 Å². The molecule has 0 unspecified atom stereocenters. The van der Waals surface area contributed by atoms with Crippen molar-refractivity contribution in [2.75, 3.05) is 78.3 Å². The van der Waals surface area contributed by atoms with Crippen LogP contribution in [-0.4, -0.2) is 89.4 Å². The minimum Gasteiger partial charge on any atom is -0.493 e. The fourth-order valence-corrected chi connectivity index (χ4v) is 17.6. The van der Waals surface area contributed by atoms with Gasteiger partial charge in [0.15, 0.2) is 0 Å². The molecular formula is C123H153IN6O14. The summed E-state index contributed by atoms with van der Waals surface area (Å²) in [7, 11) is 10.9. The molecule has 0 atom stereocenters. The van der Waals surface area contributed by atoms with Crippen LogP contribution in [0.4, 0.5) is 34.1 Å². The maximum atomic E-state index is 12.2. The van der Waals surface area contributed by atoms with E-state index in [1.807, 2.05) is 257 Å². The Hall–Kier alpha value is -13.3. The lowest BCUT2D eigenvalue weighted by atomic mass is 10.0. The highest BCUT2D eigenvalue weighted by Crippen LogP contribution is 2.45. The zero-order valence-electron chi connectivity index (χ0n) is 90.2. The molecule has 1 fully saturated rings. The van der Waals surface area contributed by atoms with Crippen molar-refractivity contribution in [2.45, 2.75) is 255 Å². The molecule has 144 heavy (non-hydrogen) atoms. The quantitative estimate of drug-likeness (QED) is 0.0367. The van der Waals surface area contributed by atoms with E-state index in [-0.39, 0.29) is 42.0 Å². The highest BCUT2D eigenvalue weighted by atomic mass is 127. The number of carbonyl (C=O) groups is 6. The van der Waals surface area contributed by atoms with E-state index in [9.17, 15) is 33.9 Å². The molecule has 0 aromatic heterocycles. The molecule has 0 spiro atoms. The third kappa shape index (κ3) is 32.9. The number of halogens is 1. The maximum Gasteiger partial charge on any atom is 0.226 e. The Kier molecular flexibility index (Phi) is 46.2. The van der Waals surface area contributed by atoms with Crippen LogP contribution in [0.15, 0.2) is 218 Å². The van der Waals surface area contributed by atoms with Crippen LogP contribution in [0.25, 0.3) is 0 Å². The summed E-state index contributed by atoms with van der Waals surface area (Å²) in [5.41, 5.74) is 29.8. The summed E-state index contributed by atoms with van der Waals surface area (Å²) in [5.74, 6) is 7.09. The Bertz CT molecular complexity index is 6090. The monoisotopic (exact) mass is 2070 g/mol. The molecule has 12 aromatic carbocycles. The molecule has 1 N–H and O–H groups in total. The average molecular weight is 2070 g/mol.